The number of hydrogen-bond acceptors (Lipinski definition) is 4. The lowest BCUT2D eigenvalue weighted by Crippen LogP contribution is -2.44. The predicted molar refractivity (Wildman–Crippen MR) is 111 cm³/mol. The molecular weight excluding hydrogens is 439 g/mol. The highest BCUT2D eigenvalue weighted by atomic mass is 127. The Kier molecular flexibility index (Phi) is 9.42. The second-order valence-electron chi connectivity index (χ2n) is 5.65. The third-order valence-electron chi connectivity index (χ3n) is 3.63. The Morgan fingerprint density at radius 3 is 2.67 bits per heavy atom. The molecule has 0 saturated carbocycles. The fraction of sp³-hybridized carbons (Fsp3) is 0.562. The largest absolute Gasteiger partial charge is 0.385 e. The average molecular weight is 466 g/mol. The van der Waals surface area contributed by atoms with E-state index in [1.165, 1.54) is 0 Å². The quantitative estimate of drug-likeness (QED) is 0.247. The molecule has 0 bridgehead atoms. The first-order valence-corrected chi connectivity index (χ1v) is 9.95. The van der Waals surface area contributed by atoms with Gasteiger partial charge in [-0.15, -0.1) is 24.0 Å². The molecule has 1 fully saturated rings. The molecule has 8 heteroatoms. The van der Waals surface area contributed by atoms with Crippen molar-refractivity contribution in [2.75, 3.05) is 36.5 Å². The van der Waals surface area contributed by atoms with E-state index in [0.717, 1.165) is 25.2 Å². The van der Waals surface area contributed by atoms with Crippen LogP contribution in [0.2, 0.25) is 0 Å². The maximum absolute atomic E-state index is 11.5. The van der Waals surface area contributed by atoms with E-state index in [4.69, 9.17) is 0 Å². The number of nitrogens with one attached hydrogen (secondary N) is 3. The van der Waals surface area contributed by atoms with Crippen LogP contribution in [0.25, 0.3) is 0 Å². The molecule has 0 aromatic heterocycles. The topological polar surface area (TPSA) is 82.6 Å². The van der Waals surface area contributed by atoms with E-state index in [-0.39, 0.29) is 41.5 Å². The average Bonchev–Trinajstić information content (AvgIpc) is 2.87. The van der Waals surface area contributed by atoms with Crippen molar-refractivity contribution in [3.63, 3.8) is 0 Å². The Labute approximate surface area is 161 Å². The minimum absolute atomic E-state index is 0. The number of para-hydroxylation sites is 1. The fourth-order valence-electron chi connectivity index (χ4n) is 2.48. The zero-order chi connectivity index (χ0) is 16.5. The highest BCUT2D eigenvalue weighted by Gasteiger charge is 2.28. The molecule has 2 rings (SSSR count). The summed E-state index contributed by atoms with van der Waals surface area (Å²) in [4.78, 5) is 4.52. The summed E-state index contributed by atoms with van der Waals surface area (Å²) < 4.78 is 23.0. The number of guanidine groups is 1. The Balaban J connectivity index is 0.00000288. The number of halogens is 1. The van der Waals surface area contributed by atoms with Crippen molar-refractivity contribution in [2.45, 2.75) is 25.8 Å². The third-order valence-corrected chi connectivity index (χ3v) is 5.39. The van der Waals surface area contributed by atoms with Crippen LogP contribution in [0.4, 0.5) is 5.69 Å². The van der Waals surface area contributed by atoms with Crippen LogP contribution < -0.4 is 16.0 Å². The Bertz CT molecular complexity index is 608. The summed E-state index contributed by atoms with van der Waals surface area (Å²) in [5, 5.41) is 9.73. The summed E-state index contributed by atoms with van der Waals surface area (Å²) in [6.07, 6.45) is 1.57. The van der Waals surface area contributed by atoms with Crippen LogP contribution in [0.1, 0.15) is 19.8 Å². The van der Waals surface area contributed by atoms with Gasteiger partial charge in [0.25, 0.3) is 0 Å². The van der Waals surface area contributed by atoms with Gasteiger partial charge in [0, 0.05) is 31.4 Å². The summed E-state index contributed by atoms with van der Waals surface area (Å²) >= 11 is 0. The normalized spacial score (nSPS) is 19.4. The molecule has 1 aliphatic heterocycles. The van der Waals surface area contributed by atoms with Crippen LogP contribution in [0, 0.1) is 0 Å². The van der Waals surface area contributed by atoms with Gasteiger partial charge in [-0.1, -0.05) is 18.2 Å². The first kappa shape index (κ1) is 21.0. The molecule has 24 heavy (non-hydrogen) atoms. The van der Waals surface area contributed by atoms with Gasteiger partial charge in [-0.3, -0.25) is 4.99 Å². The zero-order valence-electron chi connectivity index (χ0n) is 14.0. The van der Waals surface area contributed by atoms with Crippen LogP contribution in [-0.2, 0) is 9.84 Å². The van der Waals surface area contributed by atoms with E-state index < -0.39 is 9.84 Å². The van der Waals surface area contributed by atoms with Gasteiger partial charge in [0.1, 0.15) is 0 Å². The fourth-order valence-corrected chi connectivity index (χ4v) is 4.15. The maximum atomic E-state index is 11.5. The van der Waals surface area contributed by atoms with Crippen molar-refractivity contribution >= 4 is 45.5 Å². The van der Waals surface area contributed by atoms with Gasteiger partial charge in [-0.25, -0.2) is 8.42 Å². The Morgan fingerprint density at radius 2 is 2.04 bits per heavy atom. The molecule has 1 atom stereocenters. The molecule has 1 saturated heterocycles. The van der Waals surface area contributed by atoms with Gasteiger partial charge in [0.2, 0.25) is 0 Å². The lowest BCUT2D eigenvalue weighted by molar-refractivity contribution is 0.599. The van der Waals surface area contributed by atoms with E-state index in [2.05, 4.69) is 20.9 Å². The summed E-state index contributed by atoms with van der Waals surface area (Å²) in [6.45, 7) is 4.30. The molecule has 0 radical (unpaired) electrons. The molecule has 0 spiro atoms. The number of hydrogen-bond donors (Lipinski definition) is 3. The monoisotopic (exact) mass is 466 g/mol. The molecule has 1 heterocycles. The summed E-state index contributed by atoms with van der Waals surface area (Å²) in [5.41, 5.74) is 1.11. The molecule has 3 N–H and O–H groups in total. The number of benzene rings is 1. The molecule has 1 aliphatic rings. The molecule has 1 unspecified atom stereocenters. The molecule has 1 aromatic rings. The van der Waals surface area contributed by atoms with Gasteiger partial charge < -0.3 is 16.0 Å². The number of sulfone groups is 1. The SMILES string of the molecule is CCNC(=NCCCNc1ccccc1)NC1CCS(=O)(=O)C1.I. The molecule has 1 aromatic carbocycles. The standard InChI is InChI=1S/C16H26N4O2S.HI/c1-2-17-16(20-15-9-12-23(21,22)13-15)19-11-6-10-18-14-7-4-3-5-8-14;/h3-5,7-8,15,18H,2,6,9-13H2,1H3,(H2,17,19,20);1H. The van der Waals surface area contributed by atoms with E-state index in [1.54, 1.807) is 0 Å². The van der Waals surface area contributed by atoms with Crippen LogP contribution in [0.15, 0.2) is 35.3 Å². The minimum Gasteiger partial charge on any atom is -0.385 e. The lowest BCUT2D eigenvalue weighted by atomic mass is 10.3. The van der Waals surface area contributed by atoms with Gasteiger partial charge in [-0.05, 0) is 31.9 Å². The van der Waals surface area contributed by atoms with Gasteiger partial charge in [0.15, 0.2) is 15.8 Å². The highest BCUT2D eigenvalue weighted by Crippen LogP contribution is 2.11. The van der Waals surface area contributed by atoms with Crippen molar-refractivity contribution in [2.24, 2.45) is 4.99 Å². The van der Waals surface area contributed by atoms with E-state index in [0.29, 0.717) is 18.9 Å². The van der Waals surface area contributed by atoms with Crippen LogP contribution in [0.3, 0.4) is 0 Å². The van der Waals surface area contributed by atoms with Crippen molar-refractivity contribution in [1.29, 1.82) is 0 Å². The second kappa shape index (κ2) is 10.8. The zero-order valence-corrected chi connectivity index (χ0v) is 17.1. The van der Waals surface area contributed by atoms with E-state index >= 15 is 0 Å². The van der Waals surface area contributed by atoms with E-state index in [1.807, 2.05) is 37.3 Å². The number of rotatable bonds is 7. The number of aliphatic imine (C=N–C) groups is 1. The van der Waals surface area contributed by atoms with Gasteiger partial charge >= 0.3 is 0 Å². The maximum Gasteiger partial charge on any atom is 0.191 e. The van der Waals surface area contributed by atoms with Crippen molar-refractivity contribution < 1.29 is 8.42 Å². The molecule has 6 nitrogen and oxygen atoms in total. The van der Waals surface area contributed by atoms with Crippen molar-refractivity contribution in [1.82, 2.24) is 10.6 Å². The molecular formula is C16H27IN4O2S. The third kappa shape index (κ3) is 7.69. The Morgan fingerprint density at radius 1 is 1.29 bits per heavy atom. The minimum atomic E-state index is -2.87. The van der Waals surface area contributed by atoms with Crippen LogP contribution >= 0.6 is 24.0 Å². The molecule has 0 aliphatic carbocycles. The smallest absolute Gasteiger partial charge is 0.191 e. The van der Waals surface area contributed by atoms with Crippen LogP contribution in [0.5, 0.6) is 0 Å². The van der Waals surface area contributed by atoms with Gasteiger partial charge in [-0.2, -0.15) is 0 Å². The first-order valence-electron chi connectivity index (χ1n) is 8.13. The number of nitrogens with zero attached hydrogens (tertiary/aromatic N) is 1. The molecule has 136 valence electrons. The lowest BCUT2D eigenvalue weighted by Gasteiger charge is -2.15. The Hall–Kier alpha value is -1.03. The summed E-state index contributed by atoms with van der Waals surface area (Å²) in [7, 11) is -2.87. The number of anilines is 1. The van der Waals surface area contributed by atoms with Crippen molar-refractivity contribution in [3.05, 3.63) is 30.3 Å². The first-order chi connectivity index (χ1) is 11.1. The van der Waals surface area contributed by atoms with E-state index in [9.17, 15) is 8.42 Å². The summed E-state index contributed by atoms with van der Waals surface area (Å²) in [5.74, 6) is 1.17. The van der Waals surface area contributed by atoms with Crippen molar-refractivity contribution in [3.8, 4) is 0 Å². The molecule has 0 amide bonds. The summed E-state index contributed by atoms with van der Waals surface area (Å²) in [6, 6.07) is 10.0. The second-order valence-corrected chi connectivity index (χ2v) is 7.88. The predicted octanol–water partition coefficient (Wildman–Crippen LogP) is 1.85. The van der Waals surface area contributed by atoms with Crippen LogP contribution in [-0.4, -0.2) is 51.6 Å². The van der Waals surface area contributed by atoms with Gasteiger partial charge in [0.05, 0.1) is 11.5 Å². The highest BCUT2D eigenvalue weighted by molar-refractivity contribution is 14.0.